The fraction of sp³-hybridized carbons (Fsp3) is 0.400. The van der Waals surface area contributed by atoms with Gasteiger partial charge in [-0.2, -0.15) is 0 Å². The summed E-state index contributed by atoms with van der Waals surface area (Å²) in [6.07, 6.45) is 2.15. The summed E-state index contributed by atoms with van der Waals surface area (Å²) < 4.78 is 1.02. The van der Waals surface area contributed by atoms with Gasteiger partial charge >= 0.3 is 0 Å². The Bertz CT molecular complexity index is 651. The van der Waals surface area contributed by atoms with E-state index in [1.54, 1.807) is 0 Å². The number of rotatable bonds is 6. The van der Waals surface area contributed by atoms with Crippen LogP contribution in [0.1, 0.15) is 32.3 Å². The summed E-state index contributed by atoms with van der Waals surface area (Å²) in [5.41, 5.74) is 1.97. The van der Waals surface area contributed by atoms with Crippen molar-refractivity contribution < 1.29 is 9.59 Å². The second-order valence-electron chi connectivity index (χ2n) is 4.85. The molecule has 0 bridgehead atoms. The molecule has 112 valence electrons. The lowest BCUT2D eigenvalue weighted by Crippen LogP contribution is -2.24. The molecule has 0 aliphatic rings. The lowest BCUT2D eigenvalue weighted by Gasteiger charge is -2.03. The maximum Gasteiger partial charge on any atom is 0.223 e. The summed E-state index contributed by atoms with van der Waals surface area (Å²) in [6, 6.07) is 5.94. The molecule has 0 atom stereocenters. The Kier molecular flexibility index (Phi) is 5.27. The van der Waals surface area contributed by atoms with Crippen molar-refractivity contribution in [3.63, 3.8) is 0 Å². The highest BCUT2D eigenvalue weighted by atomic mass is 32.1. The van der Waals surface area contributed by atoms with E-state index in [1.807, 2.05) is 25.1 Å². The van der Waals surface area contributed by atoms with Gasteiger partial charge in [-0.3, -0.25) is 9.59 Å². The summed E-state index contributed by atoms with van der Waals surface area (Å²) >= 11 is 1.44. The number of nitrogens with zero attached hydrogens (tertiary/aromatic N) is 1. The van der Waals surface area contributed by atoms with Crippen molar-refractivity contribution in [2.75, 3.05) is 11.9 Å². The van der Waals surface area contributed by atoms with E-state index in [2.05, 4.69) is 15.6 Å². The maximum atomic E-state index is 11.6. The number of thiazole rings is 1. The average molecular weight is 305 g/mol. The van der Waals surface area contributed by atoms with Crippen LogP contribution in [0, 0.1) is 0 Å². The number of hydrogen-bond acceptors (Lipinski definition) is 4. The Hall–Kier alpha value is -1.95. The molecular weight excluding hydrogens is 286 g/mol. The molecule has 0 saturated heterocycles. The van der Waals surface area contributed by atoms with Gasteiger partial charge in [-0.1, -0.05) is 24.3 Å². The Labute approximate surface area is 127 Å². The number of aromatic nitrogens is 1. The highest BCUT2D eigenvalue weighted by Gasteiger charge is 2.07. The lowest BCUT2D eigenvalue weighted by atomic mass is 10.1. The lowest BCUT2D eigenvalue weighted by molar-refractivity contribution is -0.121. The number of hydrogen-bond donors (Lipinski definition) is 2. The van der Waals surface area contributed by atoms with E-state index in [0.29, 0.717) is 18.0 Å². The summed E-state index contributed by atoms with van der Waals surface area (Å²) in [7, 11) is 0. The third-order valence-corrected chi connectivity index (χ3v) is 3.88. The van der Waals surface area contributed by atoms with Gasteiger partial charge in [-0.05, 0) is 30.5 Å². The van der Waals surface area contributed by atoms with Crippen LogP contribution in [0.25, 0.3) is 10.2 Å². The molecule has 0 fully saturated rings. The van der Waals surface area contributed by atoms with E-state index in [1.165, 1.54) is 18.3 Å². The molecule has 0 radical (unpaired) electrons. The van der Waals surface area contributed by atoms with Gasteiger partial charge in [0, 0.05) is 19.9 Å². The zero-order chi connectivity index (χ0) is 15.2. The molecule has 2 rings (SSSR count). The predicted molar refractivity (Wildman–Crippen MR) is 85.5 cm³/mol. The molecule has 0 saturated carbocycles. The fourth-order valence-corrected chi connectivity index (χ4v) is 2.91. The highest BCUT2D eigenvalue weighted by molar-refractivity contribution is 7.22. The van der Waals surface area contributed by atoms with Gasteiger partial charge in [0.1, 0.15) is 0 Å². The zero-order valence-electron chi connectivity index (χ0n) is 12.2. The van der Waals surface area contributed by atoms with E-state index >= 15 is 0 Å². The first-order valence-corrected chi connectivity index (χ1v) is 7.84. The predicted octanol–water partition coefficient (Wildman–Crippen LogP) is 2.71. The SMILES string of the molecule is CCCNC(=O)CCc1ccc2nc(NC(C)=O)sc2c1. The highest BCUT2D eigenvalue weighted by Crippen LogP contribution is 2.27. The van der Waals surface area contributed by atoms with Crippen LogP contribution in [-0.2, 0) is 16.0 Å². The Morgan fingerprint density at radius 1 is 1.33 bits per heavy atom. The number of carbonyl (C=O) groups is 2. The molecule has 2 aromatic rings. The number of benzene rings is 1. The monoisotopic (exact) mass is 305 g/mol. The number of nitrogens with one attached hydrogen (secondary N) is 2. The largest absolute Gasteiger partial charge is 0.356 e. The smallest absolute Gasteiger partial charge is 0.223 e. The van der Waals surface area contributed by atoms with Crippen molar-refractivity contribution in [2.45, 2.75) is 33.1 Å². The summed E-state index contributed by atoms with van der Waals surface area (Å²) in [5, 5.41) is 6.17. The van der Waals surface area contributed by atoms with Crippen molar-refractivity contribution >= 4 is 38.5 Å². The fourth-order valence-electron chi connectivity index (χ4n) is 1.94. The van der Waals surface area contributed by atoms with Crippen molar-refractivity contribution in [1.29, 1.82) is 0 Å². The van der Waals surface area contributed by atoms with Gasteiger partial charge in [-0.25, -0.2) is 4.98 Å². The van der Waals surface area contributed by atoms with E-state index in [0.717, 1.165) is 28.7 Å². The minimum absolute atomic E-state index is 0.0835. The van der Waals surface area contributed by atoms with Crippen molar-refractivity contribution in [2.24, 2.45) is 0 Å². The molecule has 21 heavy (non-hydrogen) atoms. The molecule has 1 aromatic carbocycles. The number of amides is 2. The van der Waals surface area contributed by atoms with Gasteiger partial charge in [0.05, 0.1) is 10.2 Å². The van der Waals surface area contributed by atoms with Gasteiger partial charge in [-0.15, -0.1) is 0 Å². The number of carbonyl (C=O) groups excluding carboxylic acids is 2. The summed E-state index contributed by atoms with van der Waals surface area (Å²) in [6.45, 7) is 4.23. The molecule has 1 heterocycles. The van der Waals surface area contributed by atoms with Crippen molar-refractivity contribution in [3.8, 4) is 0 Å². The maximum absolute atomic E-state index is 11.6. The van der Waals surface area contributed by atoms with Crippen LogP contribution >= 0.6 is 11.3 Å². The molecule has 6 heteroatoms. The minimum atomic E-state index is -0.123. The zero-order valence-corrected chi connectivity index (χ0v) is 13.0. The minimum Gasteiger partial charge on any atom is -0.356 e. The Morgan fingerprint density at radius 2 is 2.14 bits per heavy atom. The Balaban J connectivity index is 2.01. The van der Waals surface area contributed by atoms with E-state index in [9.17, 15) is 9.59 Å². The third-order valence-electron chi connectivity index (χ3n) is 2.95. The second-order valence-corrected chi connectivity index (χ2v) is 5.88. The molecule has 1 aromatic heterocycles. The summed E-state index contributed by atoms with van der Waals surface area (Å²) in [4.78, 5) is 27.0. The van der Waals surface area contributed by atoms with Crippen LogP contribution in [0.5, 0.6) is 0 Å². The summed E-state index contributed by atoms with van der Waals surface area (Å²) in [5.74, 6) is -0.0398. The van der Waals surface area contributed by atoms with Gasteiger partial charge < -0.3 is 10.6 Å². The first-order valence-electron chi connectivity index (χ1n) is 7.02. The molecule has 0 aliphatic carbocycles. The molecule has 2 amide bonds. The number of aryl methyl sites for hydroxylation is 1. The molecule has 0 spiro atoms. The Morgan fingerprint density at radius 3 is 2.86 bits per heavy atom. The first kappa shape index (κ1) is 15.4. The van der Waals surface area contributed by atoms with Crippen LogP contribution in [0.15, 0.2) is 18.2 Å². The average Bonchev–Trinajstić information content (AvgIpc) is 2.83. The van der Waals surface area contributed by atoms with Crippen molar-refractivity contribution in [1.82, 2.24) is 10.3 Å². The van der Waals surface area contributed by atoms with Gasteiger partial charge in [0.2, 0.25) is 11.8 Å². The van der Waals surface area contributed by atoms with Crippen LogP contribution in [0.3, 0.4) is 0 Å². The third kappa shape index (κ3) is 4.53. The van der Waals surface area contributed by atoms with Crippen molar-refractivity contribution in [3.05, 3.63) is 23.8 Å². The topological polar surface area (TPSA) is 71.1 Å². The number of fused-ring (bicyclic) bond motifs is 1. The van der Waals surface area contributed by atoms with Crippen LogP contribution in [0.4, 0.5) is 5.13 Å². The van der Waals surface area contributed by atoms with Crippen LogP contribution in [-0.4, -0.2) is 23.3 Å². The van der Waals surface area contributed by atoms with Gasteiger partial charge in [0.25, 0.3) is 0 Å². The quantitative estimate of drug-likeness (QED) is 0.862. The second kappa shape index (κ2) is 7.17. The molecule has 0 unspecified atom stereocenters. The normalized spacial score (nSPS) is 10.6. The van der Waals surface area contributed by atoms with Crippen LogP contribution in [0.2, 0.25) is 0 Å². The number of anilines is 1. The van der Waals surface area contributed by atoms with Crippen LogP contribution < -0.4 is 10.6 Å². The van der Waals surface area contributed by atoms with E-state index in [4.69, 9.17) is 0 Å². The standard InChI is InChI=1S/C15H19N3O2S/c1-3-8-16-14(20)7-5-11-4-6-12-13(9-11)21-15(18-12)17-10(2)19/h4,6,9H,3,5,7-8H2,1-2H3,(H,16,20)(H,17,18,19). The molecule has 5 nitrogen and oxygen atoms in total. The molecule has 0 aliphatic heterocycles. The molecule has 2 N–H and O–H groups in total. The first-order chi connectivity index (χ1) is 10.1. The van der Waals surface area contributed by atoms with E-state index < -0.39 is 0 Å². The van der Waals surface area contributed by atoms with E-state index in [-0.39, 0.29) is 11.8 Å². The molecular formula is C15H19N3O2S. The van der Waals surface area contributed by atoms with Gasteiger partial charge in [0.15, 0.2) is 5.13 Å².